The quantitative estimate of drug-likeness (QED) is 0.0977. The number of aryl methyl sites for hydroxylation is 1. The van der Waals surface area contributed by atoms with Crippen LogP contribution in [0.25, 0.3) is 0 Å². The van der Waals surface area contributed by atoms with Gasteiger partial charge in [-0.2, -0.15) is 4.31 Å². The minimum atomic E-state index is -3.99. The Labute approximate surface area is 352 Å². The van der Waals surface area contributed by atoms with Gasteiger partial charge in [-0.05, 0) is 31.5 Å². The third-order valence-corrected chi connectivity index (χ3v) is 149. The van der Waals surface area contributed by atoms with Crippen LogP contribution in [0, 0.1) is 18.8 Å². The lowest BCUT2D eigenvalue weighted by molar-refractivity contribution is -0.115. The number of hydrogen-bond acceptors (Lipinski definition) is 5. The summed E-state index contributed by atoms with van der Waals surface area (Å²) in [5.41, 5.74) is 1.95. The van der Waals surface area contributed by atoms with Crippen LogP contribution in [0.5, 0.6) is 0 Å². The second-order valence-electron chi connectivity index (χ2n) is 23.0. The fraction of sp³-hybridized carbons (Fsp3) is 0.683. The summed E-state index contributed by atoms with van der Waals surface area (Å²) >= 11 is 0. The van der Waals surface area contributed by atoms with Crippen molar-refractivity contribution in [2.24, 2.45) is 11.8 Å². The van der Waals surface area contributed by atoms with Gasteiger partial charge in [-0.25, -0.2) is 8.42 Å². The third-order valence-electron chi connectivity index (χ3n) is 12.5. The Morgan fingerprint density at radius 3 is 1.27 bits per heavy atom. The summed E-state index contributed by atoms with van der Waals surface area (Å²) in [6, 6.07) is 16.7. The SMILES string of the molecule is Cc1ccc(S(=O)(=O)N(Cc2ccccc2)[C@@H](C)[C@@H](O[Si]([Si](C)(C)C)([Si](C)(C)C)[Si](C)(C)C)[C@@H](C)[C@@H](O[Si]([Si](C)(C)C)([Si](C)(C)C)[Si](C)(C)C)[C@@H](C)C=O)cc1. The van der Waals surface area contributed by atoms with Crippen molar-refractivity contribution in [3.8, 4) is 0 Å². The first kappa shape index (κ1) is 51.8. The van der Waals surface area contributed by atoms with Crippen LogP contribution in [0.1, 0.15) is 31.9 Å². The van der Waals surface area contributed by atoms with Crippen LogP contribution >= 0.6 is 0 Å². The fourth-order valence-corrected chi connectivity index (χ4v) is 202. The molecule has 0 heterocycles. The second-order valence-corrected chi connectivity index (χ2v) is 104. The van der Waals surface area contributed by atoms with E-state index in [1.165, 1.54) is 0 Å². The molecule has 6 nitrogen and oxygen atoms in total. The van der Waals surface area contributed by atoms with Gasteiger partial charge in [0.1, 0.15) is 6.29 Å². The topological polar surface area (TPSA) is 72.9 Å². The van der Waals surface area contributed by atoms with E-state index in [0.29, 0.717) is 0 Å². The molecule has 56 heavy (non-hydrogen) atoms. The van der Waals surface area contributed by atoms with E-state index in [4.69, 9.17) is 8.85 Å². The van der Waals surface area contributed by atoms with Crippen LogP contribution in [0.4, 0.5) is 0 Å². The molecule has 0 aliphatic rings. The van der Waals surface area contributed by atoms with Crippen molar-refractivity contribution in [3.05, 3.63) is 65.7 Å². The standard InChI is InChI=1S/C41H83NO5SSi8/c1-34-28-30-39(31-29-34)48(44,45)42(32-38-26-24-23-25-27-38)37(4)41(47-56(52(14,15)16,53(17,18)19)54(20,21)22)36(3)40(35(2)33-43)46-55(49(5,6)7,50(8,9)10)51(11,12)13/h23-31,33,35-37,40-41H,32H2,1-22H3/t35-,36-,37-,40-,41-/m0/s1. The average molecular weight is 927 g/mol. The Morgan fingerprint density at radius 2 is 0.929 bits per heavy atom. The highest BCUT2D eigenvalue weighted by Crippen LogP contribution is 2.45. The van der Waals surface area contributed by atoms with Crippen molar-refractivity contribution < 1.29 is 22.1 Å². The molecular weight excluding hydrogens is 843 g/mol. The molecule has 0 amide bonds. The number of carbonyl (C=O) groups is 1. The molecule has 0 bridgehead atoms. The van der Waals surface area contributed by atoms with E-state index in [1.54, 1.807) is 16.4 Å². The molecule has 2 rings (SSSR count). The van der Waals surface area contributed by atoms with Crippen molar-refractivity contribution in [2.75, 3.05) is 0 Å². The van der Waals surface area contributed by atoms with Gasteiger partial charge in [-0.15, -0.1) is 0 Å². The first-order valence-electron chi connectivity index (χ1n) is 20.9. The summed E-state index contributed by atoms with van der Waals surface area (Å²) in [4.78, 5) is 13.5. The van der Waals surface area contributed by atoms with Gasteiger partial charge in [-0.3, -0.25) is 0 Å². The molecule has 15 heteroatoms. The molecule has 0 aliphatic carbocycles. The lowest BCUT2D eigenvalue weighted by atomic mass is 9.87. The minimum Gasteiger partial charge on any atom is -0.422 e. The van der Waals surface area contributed by atoms with Crippen LogP contribution in [-0.2, 0) is 30.2 Å². The second kappa shape index (κ2) is 18.0. The lowest BCUT2D eigenvalue weighted by Crippen LogP contribution is -2.86. The van der Waals surface area contributed by atoms with Gasteiger partial charge in [-0.1, -0.05) is 180 Å². The maximum absolute atomic E-state index is 15.2. The van der Waals surface area contributed by atoms with Gasteiger partial charge in [0.15, 0.2) is 13.7 Å². The van der Waals surface area contributed by atoms with Crippen LogP contribution in [0.2, 0.25) is 118 Å². The maximum Gasteiger partial charge on any atom is 0.243 e. The lowest BCUT2D eigenvalue weighted by Gasteiger charge is -2.60. The van der Waals surface area contributed by atoms with Crippen LogP contribution < -0.4 is 0 Å². The highest BCUT2D eigenvalue weighted by Gasteiger charge is 2.67. The molecular formula is C41H83NO5SSi8. The van der Waals surface area contributed by atoms with Gasteiger partial charge in [0.2, 0.25) is 10.0 Å². The van der Waals surface area contributed by atoms with E-state index in [0.717, 1.165) is 17.4 Å². The predicted octanol–water partition coefficient (Wildman–Crippen LogP) is 11.2. The number of aldehydes is 1. The van der Waals surface area contributed by atoms with Crippen LogP contribution in [0.3, 0.4) is 0 Å². The molecule has 0 saturated carbocycles. The molecule has 0 radical (unpaired) electrons. The van der Waals surface area contributed by atoms with E-state index in [2.05, 4.69) is 132 Å². The highest BCUT2D eigenvalue weighted by molar-refractivity contribution is 7.89. The zero-order valence-corrected chi connectivity index (χ0v) is 48.6. The zero-order valence-electron chi connectivity index (χ0n) is 39.8. The summed E-state index contributed by atoms with van der Waals surface area (Å²) in [7, 11) is -15.8. The first-order valence-corrected chi connectivity index (χ1v) is 53.2. The molecule has 0 aliphatic heterocycles. The zero-order chi connectivity index (χ0) is 43.9. The molecule has 0 N–H and O–H groups in total. The van der Waals surface area contributed by atoms with Crippen molar-refractivity contribution >= 4 is 75.6 Å². The van der Waals surface area contributed by atoms with Gasteiger partial charge in [0, 0.05) is 24.4 Å². The fourth-order valence-electron chi connectivity index (χ4n) is 12.0. The average Bonchev–Trinajstić information content (AvgIpc) is 3.00. The smallest absolute Gasteiger partial charge is 0.243 e. The van der Waals surface area contributed by atoms with Crippen LogP contribution in [0.15, 0.2) is 59.5 Å². The minimum absolute atomic E-state index is 0.221. The van der Waals surface area contributed by atoms with Gasteiger partial charge in [0.25, 0.3) is 0 Å². The number of sulfonamides is 1. The Bertz CT molecular complexity index is 1630. The summed E-state index contributed by atoms with van der Waals surface area (Å²) in [6.07, 6.45) is 0.222. The normalized spacial score (nSPS) is 17.3. The monoisotopic (exact) mass is 925 g/mol. The molecule has 0 spiro atoms. The molecule has 2 aromatic rings. The molecule has 0 fully saturated rings. The van der Waals surface area contributed by atoms with E-state index >= 15 is 8.42 Å². The molecule has 320 valence electrons. The Kier molecular flexibility index (Phi) is 16.6. The summed E-state index contributed by atoms with van der Waals surface area (Å²) < 4.78 is 48.6. The summed E-state index contributed by atoms with van der Waals surface area (Å²) in [5.74, 6) is -0.624. The van der Waals surface area contributed by atoms with E-state index in [9.17, 15) is 4.79 Å². The summed E-state index contributed by atoms with van der Waals surface area (Å²) in [5, 5.41) is 0. The van der Waals surface area contributed by atoms with Gasteiger partial charge < -0.3 is 13.6 Å². The Hall–Kier alpha value is -0.325. The Balaban J connectivity index is 3.21. The third kappa shape index (κ3) is 10.4. The van der Waals surface area contributed by atoms with Gasteiger partial charge in [0.05, 0.1) is 62.7 Å². The number of carbonyl (C=O) groups excluding carboxylic acids is 1. The number of benzene rings is 2. The van der Waals surface area contributed by atoms with E-state index < -0.39 is 87.6 Å². The highest BCUT2D eigenvalue weighted by atomic mass is 32.2. The molecule has 0 unspecified atom stereocenters. The molecule has 0 saturated heterocycles. The first-order chi connectivity index (χ1) is 25.0. The molecule has 2 aromatic carbocycles. The Morgan fingerprint density at radius 1 is 0.571 bits per heavy atom. The van der Waals surface area contributed by atoms with Gasteiger partial charge >= 0.3 is 0 Å². The predicted molar refractivity (Wildman–Crippen MR) is 266 cm³/mol. The number of rotatable bonds is 20. The molecule has 0 aromatic heterocycles. The summed E-state index contributed by atoms with van der Waals surface area (Å²) in [6.45, 7) is 49.0. The van der Waals surface area contributed by atoms with E-state index in [1.807, 2.05) is 56.3 Å². The van der Waals surface area contributed by atoms with E-state index in [-0.39, 0.29) is 23.3 Å². The van der Waals surface area contributed by atoms with Crippen molar-refractivity contribution in [1.29, 1.82) is 0 Å². The molecule has 5 atom stereocenters. The largest absolute Gasteiger partial charge is 0.422 e. The van der Waals surface area contributed by atoms with Crippen molar-refractivity contribution in [3.63, 3.8) is 0 Å². The van der Waals surface area contributed by atoms with Crippen molar-refractivity contribution in [2.45, 2.75) is 175 Å². The number of hydrogen-bond donors (Lipinski definition) is 0. The maximum atomic E-state index is 15.2. The number of nitrogens with zero attached hydrogens (tertiary/aromatic N) is 1. The van der Waals surface area contributed by atoms with Crippen LogP contribution in [-0.4, -0.2) is 96.5 Å². The van der Waals surface area contributed by atoms with Crippen molar-refractivity contribution in [1.82, 2.24) is 4.31 Å².